The molecule has 0 spiro atoms. The van der Waals surface area contributed by atoms with E-state index in [4.69, 9.17) is 30.9 Å². The highest BCUT2D eigenvalue weighted by atomic mass is 35.5. The number of amidine groups is 1. The van der Waals surface area contributed by atoms with Crippen LogP contribution in [0.2, 0.25) is 5.02 Å². The van der Waals surface area contributed by atoms with Gasteiger partial charge in [-0.05, 0) is 44.6 Å². The van der Waals surface area contributed by atoms with E-state index in [9.17, 15) is 18.4 Å². The van der Waals surface area contributed by atoms with Crippen LogP contribution in [0.3, 0.4) is 0 Å². The lowest BCUT2D eigenvalue weighted by Gasteiger charge is -2.34. The molecule has 3 aromatic rings. The zero-order chi connectivity index (χ0) is 29.1. The van der Waals surface area contributed by atoms with Gasteiger partial charge in [-0.2, -0.15) is 0 Å². The van der Waals surface area contributed by atoms with Gasteiger partial charge in [-0.1, -0.05) is 17.7 Å². The second-order valence-electron chi connectivity index (χ2n) is 9.77. The number of carboxylic acids is 1. The highest BCUT2D eigenvalue weighted by Gasteiger charge is 2.39. The molecule has 5 rings (SSSR count). The second-order valence-corrected chi connectivity index (χ2v) is 11.0. The molecule has 2 aromatic heterocycles. The number of oxazole rings is 1. The van der Waals surface area contributed by atoms with E-state index in [-0.39, 0.29) is 36.0 Å². The monoisotopic (exact) mass is 604 g/mol. The zero-order valence-electron chi connectivity index (χ0n) is 22.0. The number of aromatic nitrogens is 2. The Kier molecular flexibility index (Phi) is 8.79. The van der Waals surface area contributed by atoms with Crippen molar-refractivity contribution in [3.8, 4) is 0 Å². The van der Waals surface area contributed by atoms with Crippen molar-refractivity contribution < 1.29 is 32.6 Å². The van der Waals surface area contributed by atoms with Crippen LogP contribution < -0.4 is 5.32 Å². The number of carbonyl (C=O) groups excluding carboxylic acids is 1. The lowest BCUT2D eigenvalue weighted by Crippen LogP contribution is -2.38. The van der Waals surface area contributed by atoms with Crippen molar-refractivity contribution >= 4 is 40.7 Å². The van der Waals surface area contributed by atoms with Crippen LogP contribution in [0.1, 0.15) is 73.1 Å². The average molecular weight is 605 g/mol. The maximum Gasteiger partial charge on any atom is 0.338 e. The highest BCUT2D eigenvalue weighted by Crippen LogP contribution is 2.44. The number of aryl methyl sites for hydroxylation is 1. The number of esters is 1. The van der Waals surface area contributed by atoms with Crippen molar-refractivity contribution in [3.05, 3.63) is 80.1 Å². The van der Waals surface area contributed by atoms with Gasteiger partial charge in [0, 0.05) is 35.2 Å². The van der Waals surface area contributed by atoms with Crippen LogP contribution in [0.15, 0.2) is 50.7 Å². The molecule has 1 atom stereocenters. The number of aliphatic carboxylic acids is 1. The molecule has 1 aliphatic heterocycles. The Balaban J connectivity index is 1.48. The molecule has 3 heterocycles. The van der Waals surface area contributed by atoms with Crippen LogP contribution in [0.4, 0.5) is 8.78 Å². The fourth-order valence-corrected chi connectivity index (χ4v) is 6.08. The quantitative estimate of drug-likeness (QED) is 0.226. The molecule has 216 valence electrons. The molecule has 1 aliphatic carbocycles. The molecule has 0 amide bonds. The van der Waals surface area contributed by atoms with Gasteiger partial charge in [-0.25, -0.2) is 23.5 Å². The lowest BCUT2D eigenvalue weighted by molar-refractivity contribution is -0.139. The van der Waals surface area contributed by atoms with Crippen molar-refractivity contribution in [2.45, 2.75) is 57.4 Å². The molecule has 13 heteroatoms. The molecule has 2 aliphatic rings. The van der Waals surface area contributed by atoms with E-state index in [1.165, 1.54) is 23.7 Å². The molecule has 1 aromatic carbocycles. The summed E-state index contributed by atoms with van der Waals surface area (Å²) in [6, 6.07) is 1.25. The minimum absolute atomic E-state index is 0.0265. The van der Waals surface area contributed by atoms with Crippen molar-refractivity contribution in [2.75, 3.05) is 6.61 Å². The number of halogens is 3. The average Bonchev–Trinajstić information content (AvgIpc) is 3.68. The largest absolute Gasteiger partial charge is 0.481 e. The summed E-state index contributed by atoms with van der Waals surface area (Å²) in [7, 11) is 0. The van der Waals surface area contributed by atoms with Gasteiger partial charge in [-0.15, -0.1) is 11.3 Å². The lowest BCUT2D eigenvalue weighted by atomic mass is 9.78. The first kappa shape index (κ1) is 28.9. The number of nitrogens with one attached hydrogen (secondary N) is 1. The van der Waals surface area contributed by atoms with E-state index < -0.39 is 34.6 Å². The molecule has 1 fully saturated rings. The molecule has 0 bridgehead atoms. The molecule has 1 unspecified atom stereocenters. The number of ether oxygens (including phenoxy) is 1. The number of carboxylic acid groups (broad SMARTS) is 1. The van der Waals surface area contributed by atoms with Gasteiger partial charge in [0.2, 0.25) is 0 Å². The van der Waals surface area contributed by atoms with Gasteiger partial charge >= 0.3 is 11.9 Å². The highest BCUT2D eigenvalue weighted by molar-refractivity contribution is 7.11. The summed E-state index contributed by atoms with van der Waals surface area (Å²) >= 11 is 7.61. The Morgan fingerprint density at radius 2 is 1.98 bits per heavy atom. The van der Waals surface area contributed by atoms with Crippen molar-refractivity contribution in [1.29, 1.82) is 0 Å². The maximum atomic E-state index is 14.6. The van der Waals surface area contributed by atoms with E-state index in [2.05, 4.69) is 15.3 Å². The number of carbonyl (C=O) groups is 2. The second kappa shape index (κ2) is 12.5. The summed E-state index contributed by atoms with van der Waals surface area (Å²) in [5, 5.41) is 14.2. The molecule has 1 saturated carbocycles. The Hall–Kier alpha value is -3.64. The first-order valence-corrected chi connectivity index (χ1v) is 14.5. The normalized spacial score (nSPS) is 20.9. The fourth-order valence-electron chi connectivity index (χ4n) is 5.24. The number of benzene rings is 1. The zero-order valence-corrected chi connectivity index (χ0v) is 23.6. The van der Waals surface area contributed by atoms with Gasteiger partial charge in [0.15, 0.2) is 28.4 Å². The van der Waals surface area contributed by atoms with E-state index in [1.54, 1.807) is 18.5 Å². The molecule has 0 radical (unpaired) electrons. The number of hydrogen-bond donors (Lipinski definition) is 2. The summed E-state index contributed by atoms with van der Waals surface area (Å²) in [6.45, 7) is 1.79. The number of nitrogens with zero attached hydrogens (tertiary/aromatic N) is 3. The Labute approximate surface area is 243 Å². The van der Waals surface area contributed by atoms with Gasteiger partial charge in [0.05, 0.1) is 29.3 Å². The number of allylic oxidation sites excluding steroid dienone is 1. The maximum absolute atomic E-state index is 14.6. The summed E-state index contributed by atoms with van der Waals surface area (Å²) in [5.74, 6) is -2.97. The van der Waals surface area contributed by atoms with Gasteiger partial charge in [-0.3, -0.25) is 9.79 Å². The van der Waals surface area contributed by atoms with Crippen LogP contribution in [0.5, 0.6) is 0 Å². The predicted octanol–water partition coefficient (Wildman–Crippen LogP) is 5.96. The number of rotatable bonds is 9. The fraction of sp³-hybridized carbons (Fsp3) is 0.393. The van der Waals surface area contributed by atoms with E-state index in [0.29, 0.717) is 60.2 Å². The summed E-state index contributed by atoms with van der Waals surface area (Å²) in [5.41, 5.74) is 1.52. The molecule has 41 heavy (non-hydrogen) atoms. The minimum atomic E-state index is -1.22. The van der Waals surface area contributed by atoms with Gasteiger partial charge in [0.25, 0.3) is 0 Å². The summed E-state index contributed by atoms with van der Waals surface area (Å²) in [6.07, 6.45) is 6.11. The minimum Gasteiger partial charge on any atom is -0.481 e. The van der Waals surface area contributed by atoms with Crippen LogP contribution in [-0.2, 0) is 20.7 Å². The van der Waals surface area contributed by atoms with Crippen molar-refractivity contribution in [1.82, 2.24) is 15.3 Å². The van der Waals surface area contributed by atoms with E-state index in [0.717, 1.165) is 6.07 Å². The third-order valence-electron chi connectivity index (χ3n) is 7.21. The Bertz CT molecular complexity index is 1500. The smallest absolute Gasteiger partial charge is 0.338 e. The molecule has 2 N–H and O–H groups in total. The predicted molar refractivity (Wildman–Crippen MR) is 147 cm³/mol. The molecule has 0 saturated heterocycles. The van der Waals surface area contributed by atoms with E-state index in [1.807, 2.05) is 0 Å². The molecular weight excluding hydrogens is 578 g/mol. The Morgan fingerprint density at radius 1 is 1.22 bits per heavy atom. The third kappa shape index (κ3) is 6.18. The van der Waals surface area contributed by atoms with Crippen LogP contribution in [0.25, 0.3) is 0 Å². The van der Waals surface area contributed by atoms with E-state index >= 15 is 0 Å². The van der Waals surface area contributed by atoms with Crippen molar-refractivity contribution in [3.63, 3.8) is 0 Å². The first-order chi connectivity index (χ1) is 19.8. The van der Waals surface area contributed by atoms with Crippen LogP contribution >= 0.6 is 22.9 Å². The third-order valence-corrected chi connectivity index (χ3v) is 8.38. The summed E-state index contributed by atoms with van der Waals surface area (Å²) < 4.78 is 39.6. The number of hydrogen-bond acceptors (Lipinski definition) is 9. The van der Waals surface area contributed by atoms with Crippen LogP contribution in [0, 0.1) is 17.6 Å². The summed E-state index contributed by atoms with van der Waals surface area (Å²) in [4.78, 5) is 37.8. The SMILES string of the molecule is CCOC(=O)C1=C(C2CCC(c3nc(CCC(=O)O)co3)CC2)NC(c2nccs2)=NC1c1ccc(F)c(F)c1Cl. The van der Waals surface area contributed by atoms with Gasteiger partial charge < -0.3 is 19.6 Å². The number of thiazole rings is 1. The molecular formula is C28H27ClF2N4O5S. The standard InChI is InChI=1S/C28H27ClF2N4O5S/c1-2-39-28(38)20-23(14-3-5-15(6-4-14)26-33-16(13-40-26)7-10-19(36)37)34-25(27-32-11-12-41-27)35-24(20)17-8-9-18(30)22(31)21(17)29/h8-9,11-15,24H,2-7,10H2,1H3,(H,34,35)(H,36,37). The molecule has 9 nitrogen and oxygen atoms in total. The Morgan fingerprint density at radius 3 is 2.66 bits per heavy atom. The number of aliphatic imine (C=N–C) groups is 1. The first-order valence-electron chi connectivity index (χ1n) is 13.2. The topological polar surface area (TPSA) is 127 Å². The van der Waals surface area contributed by atoms with Crippen molar-refractivity contribution in [2.24, 2.45) is 10.9 Å². The van der Waals surface area contributed by atoms with Gasteiger partial charge in [0.1, 0.15) is 12.3 Å². The van der Waals surface area contributed by atoms with Crippen LogP contribution in [-0.4, -0.2) is 39.5 Å².